The van der Waals surface area contributed by atoms with Gasteiger partial charge in [-0.2, -0.15) is 9.40 Å². The molecule has 9 heteroatoms. The minimum absolute atomic E-state index is 0.185. The molecule has 0 unspecified atom stereocenters. The Morgan fingerprint density at radius 1 is 1.11 bits per heavy atom. The summed E-state index contributed by atoms with van der Waals surface area (Å²) in [6, 6.07) is 6.39. The molecule has 0 atom stereocenters. The predicted molar refractivity (Wildman–Crippen MR) is 103 cm³/mol. The highest BCUT2D eigenvalue weighted by Crippen LogP contribution is 2.22. The van der Waals surface area contributed by atoms with E-state index in [1.165, 1.54) is 10.4 Å². The monoisotopic (exact) mass is 391 g/mol. The first-order valence-electron chi connectivity index (χ1n) is 8.80. The van der Waals surface area contributed by atoms with Crippen molar-refractivity contribution in [1.82, 2.24) is 19.0 Å². The molecule has 1 N–H and O–H groups in total. The van der Waals surface area contributed by atoms with Crippen molar-refractivity contribution in [2.75, 3.05) is 38.5 Å². The highest BCUT2D eigenvalue weighted by molar-refractivity contribution is 7.89. The number of sulfonamides is 1. The third-order valence-corrected chi connectivity index (χ3v) is 6.82. The van der Waals surface area contributed by atoms with Gasteiger partial charge in [0.05, 0.1) is 16.2 Å². The standard InChI is InChI=1S/C18H25N5O3S/c1-13-17(14(2)22(4)20-13)18(24)19-15-6-5-7-16(12-15)27(25,26)23-10-8-21(3)9-11-23/h5-7,12H,8-11H2,1-4H3,(H,19,24). The van der Waals surface area contributed by atoms with Gasteiger partial charge in [-0.3, -0.25) is 9.48 Å². The molecule has 2 heterocycles. The lowest BCUT2D eigenvalue weighted by molar-refractivity contribution is 0.102. The number of aryl methyl sites for hydroxylation is 2. The molecular weight excluding hydrogens is 366 g/mol. The van der Waals surface area contributed by atoms with Crippen LogP contribution in [0.1, 0.15) is 21.7 Å². The summed E-state index contributed by atoms with van der Waals surface area (Å²) in [5.41, 5.74) is 2.34. The molecular formula is C18H25N5O3S. The molecule has 0 aliphatic carbocycles. The van der Waals surface area contributed by atoms with Gasteiger partial charge in [0.2, 0.25) is 10.0 Å². The Morgan fingerprint density at radius 2 is 1.78 bits per heavy atom. The second-order valence-electron chi connectivity index (χ2n) is 6.86. The molecule has 0 saturated carbocycles. The Morgan fingerprint density at radius 3 is 2.37 bits per heavy atom. The van der Waals surface area contributed by atoms with E-state index >= 15 is 0 Å². The fraction of sp³-hybridized carbons (Fsp3) is 0.444. The number of carbonyl (C=O) groups is 1. The van der Waals surface area contributed by atoms with Crippen LogP contribution in [0.4, 0.5) is 5.69 Å². The van der Waals surface area contributed by atoms with Crippen molar-refractivity contribution in [3.8, 4) is 0 Å². The summed E-state index contributed by atoms with van der Waals surface area (Å²) in [6.07, 6.45) is 0. The molecule has 146 valence electrons. The second-order valence-corrected chi connectivity index (χ2v) is 8.80. The number of piperazine rings is 1. The van der Waals surface area contributed by atoms with Gasteiger partial charge in [-0.25, -0.2) is 8.42 Å². The molecule has 2 aromatic rings. The molecule has 1 aromatic carbocycles. The number of rotatable bonds is 4. The van der Waals surface area contributed by atoms with Crippen molar-refractivity contribution in [3.05, 3.63) is 41.2 Å². The average molecular weight is 391 g/mol. The summed E-state index contributed by atoms with van der Waals surface area (Å²) in [5, 5.41) is 7.04. The van der Waals surface area contributed by atoms with E-state index < -0.39 is 10.0 Å². The Bertz CT molecular complexity index is 959. The van der Waals surface area contributed by atoms with E-state index in [0.717, 1.165) is 5.69 Å². The number of nitrogens with one attached hydrogen (secondary N) is 1. The van der Waals surface area contributed by atoms with E-state index in [1.54, 1.807) is 36.9 Å². The lowest BCUT2D eigenvalue weighted by Crippen LogP contribution is -2.47. The fourth-order valence-electron chi connectivity index (χ4n) is 3.21. The van der Waals surface area contributed by atoms with Gasteiger partial charge in [0.25, 0.3) is 5.91 Å². The number of amides is 1. The van der Waals surface area contributed by atoms with Gasteiger partial charge < -0.3 is 10.2 Å². The average Bonchev–Trinajstić information content (AvgIpc) is 2.87. The lowest BCUT2D eigenvalue weighted by Gasteiger charge is -2.31. The zero-order chi connectivity index (χ0) is 19.8. The topological polar surface area (TPSA) is 87.5 Å². The first-order valence-corrected chi connectivity index (χ1v) is 10.2. The molecule has 1 amide bonds. The number of likely N-dealkylation sites (N-methyl/N-ethyl adjacent to an activating group) is 1. The van der Waals surface area contributed by atoms with Gasteiger partial charge in [0.15, 0.2) is 0 Å². The second kappa shape index (κ2) is 7.41. The van der Waals surface area contributed by atoms with Gasteiger partial charge in [-0.1, -0.05) is 6.07 Å². The Labute approximate surface area is 159 Å². The minimum atomic E-state index is -3.58. The van der Waals surface area contributed by atoms with E-state index in [2.05, 4.69) is 15.3 Å². The van der Waals surface area contributed by atoms with Crippen LogP contribution in [0.25, 0.3) is 0 Å². The molecule has 0 bridgehead atoms. The van der Waals surface area contributed by atoms with Crippen LogP contribution in [0.15, 0.2) is 29.2 Å². The van der Waals surface area contributed by atoms with Crippen molar-refractivity contribution >= 4 is 21.6 Å². The molecule has 1 saturated heterocycles. The lowest BCUT2D eigenvalue weighted by atomic mass is 10.2. The smallest absolute Gasteiger partial charge is 0.259 e. The summed E-state index contributed by atoms with van der Waals surface area (Å²) < 4.78 is 28.9. The summed E-state index contributed by atoms with van der Waals surface area (Å²) in [5.74, 6) is -0.299. The Hall–Kier alpha value is -2.23. The third-order valence-electron chi connectivity index (χ3n) is 4.93. The summed E-state index contributed by atoms with van der Waals surface area (Å²) in [4.78, 5) is 14.9. The quantitative estimate of drug-likeness (QED) is 0.847. The van der Waals surface area contributed by atoms with E-state index in [0.29, 0.717) is 43.1 Å². The summed E-state index contributed by atoms with van der Waals surface area (Å²) in [6.45, 7) is 5.93. The Balaban J connectivity index is 1.82. The minimum Gasteiger partial charge on any atom is -0.322 e. The summed E-state index contributed by atoms with van der Waals surface area (Å²) >= 11 is 0. The zero-order valence-electron chi connectivity index (χ0n) is 16.1. The molecule has 1 fully saturated rings. The number of hydrogen-bond donors (Lipinski definition) is 1. The predicted octanol–water partition coefficient (Wildman–Crippen LogP) is 1.23. The molecule has 0 radical (unpaired) electrons. The first kappa shape index (κ1) is 19.5. The molecule has 0 spiro atoms. The van der Waals surface area contributed by atoms with E-state index in [-0.39, 0.29) is 10.8 Å². The molecule has 3 rings (SSSR count). The molecule has 8 nitrogen and oxygen atoms in total. The SMILES string of the molecule is Cc1nn(C)c(C)c1C(=O)Nc1cccc(S(=O)(=O)N2CCN(C)CC2)c1. The first-order chi connectivity index (χ1) is 12.7. The van der Waals surface area contributed by atoms with Gasteiger partial charge in [0.1, 0.15) is 0 Å². The van der Waals surface area contributed by atoms with Crippen LogP contribution in [0.3, 0.4) is 0 Å². The van der Waals surface area contributed by atoms with Crippen LogP contribution in [-0.2, 0) is 17.1 Å². The van der Waals surface area contributed by atoms with E-state index in [1.807, 2.05) is 14.0 Å². The molecule has 27 heavy (non-hydrogen) atoms. The summed E-state index contributed by atoms with van der Waals surface area (Å²) in [7, 11) is 0.173. The Kier molecular flexibility index (Phi) is 5.36. The molecule has 1 aliphatic rings. The van der Waals surface area contributed by atoms with Crippen LogP contribution >= 0.6 is 0 Å². The number of carbonyl (C=O) groups excluding carboxylic acids is 1. The number of anilines is 1. The van der Waals surface area contributed by atoms with E-state index in [4.69, 9.17) is 0 Å². The molecule has 1 aliphatic heterocycles. The van der Waals surface area contributed by atoms with Crippen molar-refractivity contribution in [1.29, 1.82) is 0 Å². The largest absolute Gasteiger partial charge is 0.322 e. The number of aromatic nitrogens is 2. The van der Waals surface area contributed by atoms with Crippen LogP contribution < -0.4 is 5.32 Å². The van der Waals surface area contributed by atoms with Crippen molar-refractivity contribution in [2.45, 2.75) is 18.7 Å². The van der Waals surface area contributed by atoms with Gasteiger partial charge in [0, 0.05) is 44.6 Å². The van der Waals surface area contributed by atoms with Crippen molar-refractivity contribution < 1.29 is 13.2 Å². The maximum absolute atomic E-state index is 12.9. The van der Waals surface area contributed by atoms with Gasteiger partial charge >= 0.3 is 0 Å². The highest BCUT2D eigenvalue weighted by atomic mass is 32.2. The normalized spacial score (nSPS) is 16.4. The van der Waals surface area contributed by atoms with Crippen molar-refractivity contribution in [3.63, 3.8) is 0 Å². The maximum atomic E-state index is 12.9. The van der Waals surface area contributed by atoms with Crippen LogP contribution in [-0.4, -0.2) is 66.5 Å². The fourth-order valence-corrected chi connectivity index (χ4v) is 4.68. The maximum Gasteiger partial charge on any atom is 0.259 e. The third kappa shape index (κ3) is 3.90. The highest BCUT2D eigenvalue weighted by Gasteiger charge is 2.27. The van der Waals surface area contributed by atoms with Crippen LogP contribution in [0.5, 0.6) is 0 Å². The van der Waals surface area contributed by atoms with Crippen molar-refractivity contribution in [2.24, 2.45) is 7.05 Å². The van der Waals surface area contributed by atoms with Gasteiger partial charge in [-0.15, -0.1) is 0 Å². The van der Waals surface area contributed by atoms with Crippen LogP contribution in [0.2, 0.25) is 0 Å². The number of benzene rings is 1. The van der Waals surface area contributed by atoms with E-state index in [9.17, 15) is 13.2 Å². The van der Waals surface area contributed by atoms with Crippen LogP contribution in [0, 0.1) is 13.8 Å². The zero-order valence-corrected chi connectivity index (χ0v) is 16.9. The molecule has 1 aromatic heterocycles. The number of nitrogens with zero attached hydrogens (tertiary/aromatic N) is 4. The van der Waals surface area contributed by atoms with Gasteiger partial charge in [-0.05, 0) is 39.1 Å². The number of hydrogen-bond acceptors (Lipinski definition) is 5.